The summed E-state index contributed by atoms with van der Waals surface area (Å²) in [5.74, 6) is 1.07. The molecule has 110 valence electrons. The van der Waals surface area contributed by atoms with Crippen molar-refractivity contribution in [1.82, 2.24) is 9.97 Å². The Hall–Kier alpha value is -2.01. The van der Waals surface area contributed by atoms with E-state index in [1.54, 1.807) is 19.3 Å². The van der Waals surface area contributed by atoms with Crippen LogP contribution in [0.15, 0.2) is 30.6 Å². The SMILES string of the molecule is Cc1cc(CNc2cc(C3CC(N)C3)ncn2)ccc1F. The maximum atomic E-state index is 13.2. The number of aryl methyl sites for hydroxylation is 1. The van der Waals surface area contributed by atoms with E-state index in [1.165, 1.54) is 6.07 Å². The Bertz CT molecular complexity index is 638. The lowest BCUT2D eigenvalue weighted by atomic mass is 9.79. The molecule has 5 heteroatoms. The van der Waals surface area contributed by atoms with Crippen molar-refractivity contribution in [2.24, 2.45) is 5.73 Å². The zero-order valence-electron chi connectivity index (χ0n) is 12.0. The second kappa shape index (κ2) is 5.77. The lowest BCUT2D eigenvalue weighted by Gasteiger charge is -2.31. The highest BCUT2D eigenvalue weighted by Crippen LogP contribution is 2.34. The molecule has 0 saturated heterocycles. The van der Waals surface area contributed by atoms with E-state index in [1.807, 2.05) is 12.1 Å². The minimum Gasteiger partial charge on any atom is -0.366 e. The molecule has 0 unspecified atom stereocenters. The molecule has 1 fully saturated rings. The summed E-state index contributed by atoms with van der Waals surface area (Å²) < 4.78 is 13.2. The number of rotatable bonds is 4. The van der Waals surface area contributed by atoms with Gasteiger partial charge in [-0.25, -0.2) is 14.4 Å². The smallest absolute Gasteiger partial charge is 0.129 e. The maximum Gasteiger partial charge on any atom is 0.129 e. The van der Waals surface area contributed by atoms with E-state index >= 15 is 0 Å². The van der Waals surface area contributed by atoms with Crippen LogP contribution in [0.25, 0.3) is 0 Å². The second-order valence-corrected chi connectivity index (χ2v) is 5.69. The van der Waals surface area contributed by atoms with Crippen LogP contribution in [0.4, 0.5) is 10.2 Å². The van der Waals surface area contributed by atoms with Crippen molar-refractivity contribution in [1.29, 1.82) is 0 Å². The third-order valence-corrected chi connectivity index (χ3v) is 3.98. The van der Waals surface area contributed by atoms with Crippen molar-refractivity contribution in [2.75, 3.05) is 5.32 Å². The summed E-state index contributed by atoms with van der Waals surface area (Å²) >= 11 is 0. The molecule has 0 aliphatic heterocycles. The van der Waals surface area contributed by atoms with E-state index in [-0.39, 0.29) is 5.82 Å². The Morgan fingerprint density at radius 3 is 2.81 bits per heavy atom. The Kier molecular flexibility index (Phi) is 3.84. The Labute approximate surface area is 123 Å². The zero-order valence-corrected chi connectivity index (χ0v) is 12.0. The molecule has 1 saturated carbocycles. The highest BCUT2D eigenvalue weighted by molar-refractivity contribution is 5.38. The molecule has 1 aliphatic carbocycles. The Balaban J connectivity index is 1.65. The molecule has 21 heavy (non-hydrogen) atoms. The van der Waals surface area contributed by atoms with E-state index in [2.05, 4.69) is 15.3 Å². The highest BCUT2D eigenvalue weighted by Gasteiger charge is 2.28. The highest BCUT2D eigenvalue weighted by atomic mass is 19.1. The van der Waals surface area contributed by atoms with E-state index < -0.39 is 0 Å². The van der Waals surface area contributed by atoms with Crippen molar-refractivity contribution in [3.63, 3.8) is 0 Å². The molecule has 0 atom stereocenters. The fourth-order valence-electron chi connectivity index (χ4n) is 2.61. The van der Waals surface area contributed by atoms with Gasteiger partial charge in [0.05, 0.1) is 0 Å². The van der Waals surface area contributed by atoms with Crippen LogP contribution in [0.5, 0.6) is 0 Å². The van der Waals surface area contributed by atoms with Gasteiger partial charge in [0.2, 0.25) is 0 Å². The van der Waals surface area contributed by atoms with Crippen molar-refractivity contribution >= 4 is 5.82 Å². The molecule has 1 aromatic carbocycles. The Morgan fingerprint density at radius 2 is 2.10 bits per heavy atom. The van der Waals surface area contributed by atoms with Crippen LogP contribution in [-0.2, 0) is 6.54 Å². The van der Waals surface area contributed by atoms with Crippen molar-refractivity contribution in [2.45, 2.75) is 38.3 Å². The van der Waals surface area contributed by atoms with Gasteiger partial charge in [-0.15, -0.1) is 0 Å². The van der Waals surface area contributed by atoms with Crippen LogP contribution in [0.1, 0.15) is 35.6 Å². The first-order valence-electron chi connectivity index (χ1n) is 7.18. The molecule has 3 rings (SSSR count). The van der Waals surface area contributed by atoms with Gasteiger partial charge in [0, 0.05) is 30.3 Å². The molecule has 0 amide bonds. The number of aromatic nitrogens is 2. The molecule has 0 spiro atoms. The van der Waals surface area contributed by atoms with Gasteiger partial charge < -0.3 is 11.1 Å². The molecule has 4 nitrogen and oxygen atoms in total. The van der Waals surface area contributed by atoms with Crippen molar-refractivity contribution in [3.8, 4) is 0 Å². The monoisotopic (exact) mass is 286 g/mol. The molecule has 1 aliphatic rings. The molecule has 0 bridgehead atoms. The molecular weight excluding hydrogens is 267 g/mol. The quantitative estimate of drug-likeness (QED) is 0.907. The minimum absolute atomic E-state index is 0.176. The first kappa shape index (κ1) is 13.9. The predicted molar refractivity (Wildman–Crippen MR) is 80.4 cm³/mol. The van der Waals surface area contributed by atoms with Gasteiger partial charge in [-0.2, -0.15) is 0 Å². The lowest BCUT2D eigenvalue weighted by Crippen LogP contribution is -2.35. The molecule has 0 radical (unpaired) electrons. The second-order valence-electron chi connectivity index (χ2n) is 5.69. The van der Waals surface area contributed by atoms with Gasteiger partial charge in [0.25, 0.3) is 0 Å². The first-order valence-corrected chi connectivity index (χ1v) is 7.18. The summed E-state index contributed by atoms with van der Waals surface area (Å²) in [6.07, 6.45) is 3.57. The number of anilines is 1. The maximum absolute atomic E-state index is 13.2. The van der Waals surface area contributed by atoms with Crippen LogP contribution in [0, 0.1) is 12.7 Å². The van der Waals surface area contributed by atoms with Crippen LogP contribution in [0.3, 0.4) is 0 Å². The normalized spacial score (nSPS) is 20.9. The van der Waals surface area contributed by atoms with E-state index in [0.717, 1.165) is 29.9 Å². The molecule has 3 N–H and O–H groups in total. The predicted octanol–water partition coefficient (Wildman–Crippen LogP) is 2.74. The summed E-state index contributed by atoms with van der Waals surface area (Å²) in [4.78, 5) is 8.55. The number of hydrogen-bond acceptors (Lipinski definition) is 4. The fraction of sp³-hybridized carbons (Fsp3) is 0.375. The number of nitrogens with zero attached hydrogens (tertiary/aromatic N) is 2. The van der Waals surface area contributed by atoms with Gasteiger partial charge in [-0.05, 0) is 37.0 Å². The van der Waals surface area contributed by atoms with E-state index in [0.29, 0.717) is 24.1 Å². The zero-order chi connectivity index (χ0) is 14.8. The largest absolute Gasteiger partial charge is 0.366 e. The lowest BCUT2D eigenvalue weighted by molar-refractivity contribution is 0.345. The van der Waals surface area contributed by atoms with Gasteiger partial charge in [-0.3, -0.25) is 0 Å². The van der Waals surface area contributed by atoms with Gasteiger partial charge >= 0.3 is 0 Å². The summed E-state index contributed by atoms with van der Waals surface area (Å²) in [6, 6.07) is 7.40. The number of benzene rings is 1. The fourth-order valence-corrected chi connectivity index (χ4v) is 2.61. The van der Waals surface area contributed by atoms with Crippen LogP contribution in [-0.4, -0.2) is 16.0 Å². The summed E-state index contributed by atoms with van der Waals surface area (Å²) in [5.41, 5.74) is 8.54. The number of hydrogen-bond donors (Lipinski definition) is 2. The van der Waals surface area contributed by atoms with E-state index in [4.69, 9.17) is 5.73 Å². The third kappa shape index (κ3) is 3.19. The summed E-state index contributed by atoms with van der Waals surface area (Å²) in [7, 11) is 0. The van der Waals surface area contributed by atoms with Crippen LogP contribution >= 0.6 is 0 Å². The topological polar surface area (TPSA) is 63.8 Å². The molecule has 1 heterocycles. The Morgan fingerprint density at radius 1 is 1.29 bits per heavy atom. The minimum atomic E-state index is -0.176. The van der Waals surface area contributed by atoms with Crippen LogP contribution in [0.2, 0.25) is 0 Å². The number of halogens is 1. The standard InChI is InChI=1S/C16H19FN4/c1-10-4-11(2-3-14(10)17)8-19-16-7-15(20-9-21-16)12-5-13(18)6-12/h2-4,7,9,12-13H,5-6,8,18H2,1H3,(H,19,20,21). The van der Waals surface area contributed by atoms with Crippen molar-refractivity contribution < 1.29 is 4.39 Å². The number of nitrogens with two attached hydrogens (primary N) is 1. The van der Waals surface area contributed by atoms with Gasteiger partial charge in [0.1, 0.15) is 18.0 Å². The summed E-state index contributed by atoms with van der Waals surface area (Å²) in [6.45, 7) is 2.38. The first-order chi connectivity index (χ1) is 10.1. The molecular formula is C16H19FN4. The van der Waals surface area contributed by atoms with Crippen LogP contribution < -0.4 is 11.1 Å². The summed E-state index contributed by atoms with van der Waals surface area (Å²) in [5, 5.41) is 3.26. The van der Waals surface area contributed by atoms with E-state index in [9.17, 15) is 4.39 Å². The third-order valence-electron chi connectivity index (χ3n) is 3.98. The molecule has 1 aromatic heterocycles. The average molecular weight is 286 g/mol. The van der Waals surface area contributed by atoms with Gasteiger partial charge in [0.15, 0.2) is 0 Å². The van der Waals surface area contributed by atoms with Gasteiger partial charge in [-0.1, -0.05) is 12.1 Å². The number of nitrogens with one attached hydrogen (secondary N) is 1. The van der Waals surface area contributed by atoms with Crippen molar-refractivity contribution in [3.05, 3.63) is 53.2 Å². The molecule has 2 aromatic rings. The average Bonchev–Trinajstić information content (AvgIpc) is 2.45.